The summed E-state index contributed by atoms with van der Waals surface area (Å²) in [5.74, 6) is -2.30. The first-order chi connectivity index (χ1) is 14.3. The number of nitrogens with zero attached hydrogens (tertiary/aromatic N) is 1. The van der Waals surface area contributed by atoms with Gasteiger partial charge in [-0.2, -0.15) is 0 Å². The van der Waals surface area contributed by atoms with E-state index in [4.69, 9.17) is 10.5 Å². The number of nitrogens with one attached hydrogen (secondary N) is 1. The zero-order chi connectivity index (χ0) is 21.7. The number of esters is 1. The van der Waals surface area contributed by atoms with Gasteiger partial charge in [0.1, 0.15) is 5.82 Å². The van der Waals surface area contributed by atoms with Crippen LogP contribution in [0.15, 0.2) is 47.4 Å². The van der Waals surface area contributed by atoms with E-state index in [1.807, 2.05) is 0 Å². The van der Waals surface area contributed by atoms with Crippen molar-refractivity contribution < 1.29 is 28.3 Å². The number of primary amides is 1. The number of rotatable bonds is 7. The Labute approximate surface area is 175 Å². The third kappa shape index (κ3) is 5.35. The lowest BCUT2D eigenvalue weighted by atomic mass is 10.2. The lowest BCUT2D eigenvalue weighted by Gasteiger charge is -2.22. The Morgan fingerprint density at radius 3 is 2.60 bits per heavy atom. The van der Waals surface area contributed by atoms with Crippen LogP contribution in [0.5, 0.6) is 0 Å². The highest BCUT2D eigenvalue weighted by molar-refractivity contribution is 8.00. The lowest BCUT2D eigenvalue weighted by molar-refractivity contribution is -0.122. The normalized spacial score (nSPS) is 12.5. The van der Waals surface area contributed by atoms with Crippen LogP contribution in [0.3, 0.4) is 0 Å². The summed E-state index contributed by atoms with van der Waals surface area (Å²) in [6.45, 7) is -0.632. The molecular weight excluding hydrogens is 413 g/mol. The number of halogens is 1. The fourth-order valence-corrected chi connectivity index (χ4v) is 3.53. The molecule has 3 amide bonds. The molecule has 10 heteroatoms. The summed E-state index contributed by atoms with van der Waals surface area (Å²) >= 11 is 1.36. The van der Waals surface area contributed by atoms with Gasteiger partial charge in [-0.3, -0.25) is 14.4 Å². The Balaban J connectivity index is 1.67. The third-order valence-electron chi connectivity index (χ3n) is 4.20. The summed E-state index contributed by atoms with van der Waals surface area (Å²) in [4.78, 5) is 49.6. The quantitative estimate of drug-likeness (QED) is 0.647. The van der Waals surface area contributed by atoms with Crippen LogP contribution in [0, 0.1) is 5.82 Å². The number of benzene rings is 2. The smallest absolute Gasteiger partial charge is 0.338 e. The van der Waals surface area contributed by atoms with E-state index in [-0.39, 0.29) is 24.4 Å². The molecule has 3 N–H and O–H groups in total. The van der Waals surface area contributed by atoms with E-state index in [1.54, 1.807) is 12.1 Å². The summed E-state index contributed by atoms with van der Waals surface area (Å²) in [5, 5.41) is 2.67. The first-order valence-electron chi connectivity index (χ1n) is 8.91. The van der Waals surface area contributed by atoms with Gasteiger partial charge in [-0.15, -0.1) is 11.8 Å². The van der Waals surface area contributed by atoms with Gasteiger partial charge in [0.05, 0.1) is 17.0 Å². The maximum atomic E-state index is 13.2. The monoisotopic (exact) mass is 431 g/mol. The molecule has 1 aliphatic rings. The molecule has 8 nitrogen and oxygen atoms in total. The molecule has 0 aromatic heterocycles. The van der Waals surface area contributed by atoms with Crippen LogP contribution in [0.1, 0.15) is 16.8 Å². The molecule has 0 spiro atoms. The van der Waals surface area contributed by atoms with Crippen LogP contribution in [-0.2, 0) is 19.1 Å². The van der Waals surface area contributed by atoms with E-state index in [0.717, 1.165) is 4.90 Å². The summed E-state index contributed by atoms with van der Waals surface area (Å²) in [6, 6.07) is 9.81. The first-order valence-corrected chi connectivity index (χ1v) is 9.90. The van der Waals surface area contributed by atoms with E-state index < -0.39 is 30.2 Å². The van der Waals surface area contributed by atoms with Crippen molar-refractivity contribution in [1.29, 1.82) is 0 Å². The third-order valence-corrected chi connectivity index (χ3v) is 5.27. The van der Waals surface area contributed by atoms with Crippen LogP contribution >= 0.6 is 11.8 Å². The van der Waals surface area contributed by atoms with E-state index >= 15 is 0 Å². The van der Waals surface area contributed by atoms with Crippen molar-refractivity contribution in [3.05, 3.63) is 53.8 Å². The number of fused-ring (bicyclic) bond motifs is 1. The van der Waals surface area contributed by atoms with Gasteiger partial charge in [-0.1, -0.05) is 0 Å². The van der Waals surface area contributed by atoms with Crippen molar-refractivity contribution in [2.75, 3.05) is 29.1 Å². The Hall–Kier alpha value is -3.40. The molecule has 0 atom stereocenters. The van der Waals surface area contributed by atoms with Gasteiger partial charge >= 0.3 is 5.97 Å². The summed E-state index contributed by atoms with van der Waals surface area (Å²) < 4.78 is 18.3. The molecule has 0 unspecified atom stereocenters. The molecule has 0 saturated carbocycles. The molecule has 3 rings (SSSR count). The SMILES string of the molecule is NC(=O)CCN(C(=O)COC(=O)c1ccc2c(c1)NC(=O)CS2)c1ccc(F)cc1. The van der Waals surface area contributed by atoms with Crippen molar-refractivity contribution in [2.24, 2.45) is 5.73 Å². The van der Waals surface area contributed by atoms with E-state index in [0.29, 0.717) is 17.1 Å². The Kier molecular flexibility index (Phi) is 6.68. The largest absolute Gasteiger partial charge is 0.452 e. The fraction of sp³-hybridized carbons (Fsp3) is 0.200. The second-order valence-corrected chi connectivity index (χ2v) is 7.38. The van der Waals surface area contributed by atoms with Crippen molar-refractivity contribution in [3.8, 4) is 0 Å². The van der Waals surface area contributed by atoms with Gasteiger partial charge in [-0.25, -0.2) is 9.18 Å². The zero-order valence-electron chi connectivity index (χ0n) is 15.7. The van der Waals surface area contributed by atoms with E-state index in [9.17, 15) is 23.6 Å². The van der Waals surface area contributed by atoms with E-state index in [1.165, 1.54) is 47.0 Å². The van der Waals surface area contributed by atoms with Crippen molar-refractivity contribution in [3.63, 3.8) is 0 Å². The lowest BCUT2D eigenvalue weighted by Crippen LogP contribution is -2.37. The predicted octanol–water partition coefficient (Wildman–Crippen LogP) is 1.94. The predicted molar refractivity (Wildman–Crippen MR) is 109 cm³/mol. The van der Waals surface area contributed by atoms with Crippen LogP contribution in [0.2, 0.25) is 0 Å². The highest BCUT2D eigenvalue weighted by Crippen LogP contribution is 2.32. The number of ether oxygens (including phenoxy) is 1. The van der Waals surface area contributed by atoms with Crippen molar-refractivity contribution in [1.82, 2.24) is 0 Å². The van der Waals surface area contributed by atoms with Gasteiger partial charge in [0.25, 0.3) is 5.91 Å². The molecule has 30 heavy (non-hydrogen) atoms. The van der Waals surface area contributed by atoms with Gasteiger partial charge in [0.2, 0.25) is 11.8 Å². The van der Waals surface area contributed by atoms with Crippen molar-refractivity contribution >= 4 is 46.8 Å². The number of carbonyl (C=O) groups is 4. The van der Waals surface area contributed by atoms with Crippen LogP contribution in [0.25, 0.3) is 0 Å². The average Bonchev–Trinajstić information content (AvgIpc) is 2.72. The molecule has 1 heterocycles. The minimum atomic E-state index is -0.745. The average molecular weight is 431 g/mol. The number of anilines is 2. The molecular formula is C20H18FN3O5S. The Bertz CT molecular complexity index is 996. The number of thioether (sulfide) groups is 1. The highest BCUT2D eigenvalue weighted by atomic mass is 32.2. The summed E-state index contributed by atoms with van der Waals surface area (Å²) in [6.07, 6.45) is -0.112. The second-order valence-electron chi connectivity index (χ2n) is 6.36. The minimum Gasteiger partial charge on any atom is -0.452 e. The van der Waals surface area contributed by atoms with Gasteiger partial charge in [0.15, 0.2) is 6.61 Å². The number of amides is 3. The number of hydrogen-bond donors (Lipinski definition) is 2. The maximum absolute atomic E-state index is 13.2. The fourth-order valence-electron chi connectivity index (χ4n) is 2.74. The first kappa shape index (κ1) is 21.3. The Morgan fingerprint density at radius 1 is 1.17 bits per heavy atom. The van der Waals surface area contributed by atoms with Crippen LogP contribution < -0.4 is 16.0 Å². The molecule has 2 aromatic rings. The zero-order valence-corrected chi connectivity index (χ0v) is 16.5. The Morgan fingerprint density at radius 2 is 1.90 bits per heavy atom. The molecule has 0 saturated heterocycles. The molecule has 1 aliphatic heterocycles. The molecule has 0 aliphatic carbocycles. The van der Waals surface area contributed by atoms with Gasteiger partial charge in [-0.05, 0) is 42.5 Å². The molecule has 0 radical (unpaired) electrons. The summed E-state index contributed by atoms with van der Waals surface area (Å²) in [5.41, 5.74) is 6.17. The minimum absolute atomic E-state index is 0.0422. The van der Waals surface area contributed by atoms with Crippen LogP contribution in [-0.4, -0.2) is 42.6 Å². The number of nitrogens with two attached hydrogens (primary N) is 1. The maximum Gasteiger partial charge on any atom is 0.338 e. The summed E-state index contributed by atoms with van der Waals surface area (Å²) in [7, 11) is 0. The topological polar surface area (TPSA) is 119 Å². The van der Waals surface area contributed by atoms with Crippen molar-refractivity contribution in [2.45, 2.75) is 11.3 Å². The molecule has 156 valence electrons. The second kappa shape index (κ2) is 9.40. The number of hydrogen-bond acceptors (Lipinski definition) is 6. The molecule has 0 bridgehead atoms. The van der Waals surface area contributed by atoms with E-state index in [2.05, 4.69) is 5.32 Å². The van der Waals surface area contributed by atoms with Gasteiger partial charge < -0.3 is 20.7 Å². The van der Waals surface area contributed by atoms with Crippen LogP contribution in [0.4, 0.5) is 15.8 Å². The molecule has 0 fully saturated rings. The molecule has 2 aromatic carbocycles. The highest BCUT2D eigenvalue weighted by Gasteiger charge is 2.21. The standard InChI is InChI=1S/C20H18FN3O5S/c21-13-2-4-14(5-3-13)24(8-7-17(22)25)19(27)10-29-20(28)12-1-6-16-15(9-12)23-18(26)11-30-16/h1-6,9H,7-8,10-11H2,(H2,22,25)(H,23,26). The van der Waals surface area contributed by atoms with Gasteiger partial charge in [0, 0.05) is 23.5 Å². The number of carbonyl (C=O) groups excluding carboxylic acids is 4.